The number of anilines is 6. The molecule has 0 radical (unpaired) electrons. The molecular weight excluding hydrogens is 733 g/mol. The van der Waals surface area contributed by atoms with Gasteiger partial charge in [0.1, 0.15) is 12.6 Å². The summed E-state index contributed by atoms with van der Waals surface area (Å²) < 4.78 is 0. The van der Waals surface area contributed by atoms with E-state index in [1.807, 2.05) is 48.5 Å². The van der Waals surface area contributed by atoms with Crippen LogP contribution in [-0.2, 0) is 0 Å². The van der Waals surface area contributed by atoms with Crippen molar-refractivity contribution in [3.05, 3.63) is 216 Å². The lowest BCUT2D eigenvalue weighted by molar-refractivity contribution is 0.111. The third-order valence-electron chi connectivity index (χ3n) is 11.7. The maximum Gasteiger partial charge on any atom is 0.150 e. The van der Waals surface area contributed by atoms with Gasteiger partial charge in [0.05, 0.1) is 11.4 Å². The topological polar surface area (TPSA) is 40.6 Å². The van der Waals surface area contributed by atoms with E-state index in [1.54, 1.807) is 0 Å². The Morgan fingerprint density at radius 3 is 0.783 bits per heavy atom. The number of aryl methyl sites for hydroxylation is 2. The normalized spacial score (nSPS) is 11.3. The van der Waals surface area contributed by atoms with Crippen molar-refractivity contribution in [1.82, 2.24) is 0 Å². The van der Waals surface area contributed by atoms with E-state index in [-0.39, 0.29) is 0 Å². The first-order valence-electron chi connectivity index (χ1n) is 20.2. The summed E-state index contributed by atoms with van der Waals surface area (Å²) in [6.07, 6.45) is 1.78. The van der Waals surface area contributed by atoms with E-state index in [2.05, 4.69) is 169 Å². The lowest BCUT2D eigenvalue weighted by atomic mass is 9.84. The Morgan fingerprint density at radius 1 is 0.300 bits per heavy atom. The Hall–Kier alpha value is -7.82. The van der Waals surface area contributed by atoms with E-state index in [4.69, 9.17) is 0 Å². The largest absolute Gasteiger partial charge is 0.309 e. The molecule has 0 aliphatic carbocycles. The highest BCUT2D eigenvalue weighted by atomic mass is 16.1. The van der Waals surface area contributed by atoms with Gasteiger partial charge in [-0.05, 0) is 119 Å². The third kappa shape index (κ3) is 6.18. The molecule has 0 bridgehead atoms. The highest BCUT2D eigenvalue weighted by Gasteiger charge is 2.27. The Kier molecular flexibility index (Phi) is 9.23. The molecule has 0 saturated carbocycles. The molecule has 4 nitrogen and oxygen atoms in total. The van der Waals surface area contributed by atoms with Gasteiger partial charge in [0.15, 0.2) is 0 Å². The fourth-order valence-electron chi connectivity index (χ4n) is 8.84. The first kappa shape index (κ1) is 36.5. The van der Waals surface area contributed by atoms with Crippen LogP contribution in [0.5, 0.6) is 0 Å². The second-order valence-electron chi connectivity index (χ2n) is 15.4. The maximum atomic E-state index is 11.8. The predicted molar refractivity (Wildman–Crippen MR) is 252 cm³/mol. The van der Waals surface area contributed by atoms with Gasteiger partial charge in [0.25, 0.3) is 0 Å². The van der Waals surface area contributed by atoms with Gasteiger partial charge in [-0.2, -0.15) is 0 Å². The minimum absolute atomic E-state index is 0.633. The van der Waals surface area contributed by atoms with E-state index in [0.717, 1.165) is 89.8 Å². The molecule has 0 saturated heterocycles. The van der Waals surface area contributed by atoms with Crippen molar-refractivity contribution in [2.45, 2.75) is 13.8 Å². The Balaban J connectivity index is 1.32. The number of carbonyl (C=O) groups is 2. The minimum Gasteiger partial charge on any atom is -0.309 e. The van der Waals surface area contributed by atoms with Crippen LogP contribution < -0.4 is 9.80 Å². The van der Waals surface area contributed by atoms with Gasteiger partial charge < -0.3 is 9.80 Å². The summed E-state index contributed by atoms with van der Waals surface area (Å²) in [5, 5.41) is 8.98. The third-order valence-corrected chi connectivity index (χ3v) is 11.7. The summed E-state index contributed by atoms with van der Waals surface area (Å²) in [7, 11) is 0. The van der Waals surface area contributed by atoms with E-state index in [1.165, 1.54) is 22.3 Å². The smallest absolute Gasteiger partial charge is 0.150 e. The average Bonchev–Trinajstić information content (AvgIpc) is 3.30. The lowest BCUT2D eigenvalue weighted by Crippen LogP contribution is -2.12. The summed E-state index contributed by atoms with van der Waals surface area (Å²) in [6.45, 7) is 4.21. The van der Waals surface area contributed by atoms with Crippen molar-refractivity contribution in [2.75, 3.05) is 9.80 Å². The van der Waals surface area contributed by atoms with Crippen molar-refractivity contribution in [3.8, 4) is 11.1 Å². The maximum absolute atomic E-state index is 11.8. The van der Waals surface area contributed by atoms with Crippen LogP contribution in [0.25, 0.3) is 54.2 Å². The molecule has 10 rings (SSSR count). The Morgan fingerprint density at radius 2 is 0.533 bits per heavy atom. The molecule has 10 aromatic rings. The van der Waals surface area contributed by atoms with Gasteiger partial charge in [-0.1, -0.05) is 132 Å². The molecule has 4 heteroatoms. The summed E-state index contributed by atoms with van der Waals surface area (Å²) in [6, 6.07) is 68.0. The van der Waals surface area contributed by atoms with Gasteiger partial charge in [-0.25, -0.2) is 0 Å². The number of fused-ring (bicyclic) bond motifs is 4. The zero-order chi connectivity index (χ0) is 40.7. The molecule has 10 aromatic carbocycles. The second kappa shape index (κ2) is 15.2. The monoisotopic (exact) mass is 772 g/mol. The number of benzene rings is 10. The van der Waals surface area contributed by atoms with Crippen LogP contribution >= 0.6 is 0 Å². The number of hydrogen-bond acceptors (Lipinski definition) is 4. The van der Waals surface area contributed by atoms with Gasteiger partial charge in [-0.15, -0.1) is 0 Å². The van der Waals surface area contributed by atoms with Crippen molar-refractivity contribution in [3.63, 3.8) is 0 Å². The SMILES string of the molecule is Cc1ccc(N(c2ccc(C=O)cc2)c2c3ccccc3c(-c3c4ccccc4c(N(c4ccc(C)cc4)c4ccc(C=O)cc4)c4ccccc34)c3ccccc23)cc1. The van der Waals surface area contributed by atoms with Crippen LogP contribution in [0, 0.1) is 13.8 Å². The van der Waals surface area contributed by atoms with Crippen LogP contribution in [0.3, 0.4) is 0 Å². The van der Waals surface area contributed by atoms with E-state index in [9.17, 15) is 9.59 Å². The number of hydrogen-bond donors (Lipinski definition) is 0. The van der Waals surface area contributed by atoms with Crippen molar-refractivity contribution in [1.29, 1.82) is 0 Å². The summed E-state index contributed by atoms with van der Waals surface area (Å²) in [5.41, 5.74) is 12.1. The molecule has 0 amide bonds. The highest BCUT2D eigenvalue weighted by Crippen LogP contribution is 2.53. The fourth-order valence-corrected chi connectivity index (χ4v) is 8.84. The molecule has 60 heavy (non-hydrogen) atoms. The van der Waals surface area contributed by atoms with Gasteiger partial charge >= 0.3 is 0 Å². The average molecular weight is 773 g/mol. The zero-order valence-corrected chi connectivity index (χ0v) is 33.3. The predicted octanol–water partition coefficient (Wildman–Crippen LogP) is 15.1. The molecule has 0 fully saturated rings. The van der Waals surface area contributed by atoms with Crippen LogP contribution in [0.15, 0.2) is 194 Å². The van der Waals surface area contributed by atoms with Gasteiger partial charge in [0.2, 0.25) is 0 Å². The summed E-state index contributed by atoms with van der Waals surface area (Å²) in [5.74, 6) is 0. The van der Waals surface area contributed by atoms with Crippen LogP contribution in [0.4, 0.5) is 34.1 Å². The molecule has 0 N–H and O–H groups in total. The fraction of sp³-hybridized carbons (Fsp3) is 0.0357. The second-order valence-corrected chi connectivity index (χ2v) is 15.4. The molecule has 0 heterocycles. The molecule has 0 aliphatic rings. The molecular formula is C56H40N2O2. The molecule has 0 atom stereocenters. The molecule has 286 valence electrons. The minimum atomic E-state index is 0.633. The zero-order valence-electron chi connectivity index (χ0n) is 33.3. The standard InChI is InChI=1S/C56H40N2O2/c1-37-19-27-41(28-20-37)57(43-31-23-39(35-59)24-32-43)55-49-15-7-3-11-45(49)53(46-12-4-8-16-50(46)55)54-47-13-5-9-17-51(47)56(52-18-10-6-14-48(52)54)58(42-29-21-38(2)22-30-42)44-33-25-40(36-60)26-34-44/h3-36H,1-2H3. The van der Waals surface area contributed by atoms with E-state index >= 15 is 0 Å². The van der Waals surface area contributed by atoms with Crippen LogP contribution in [-0.4, -0.2) is 12.6 Å². The van der Waals surface area contributed by atoms with Gasteiger partial charge in [-0.3, -0.25) is 9.59 Å². The van der Waals surface area contributed by atoms with Crippen molar-refractivity contribution >= 4 is 89.8 Å². The lowest BCUT2D eigenvalue weighted by Gasteiger charge is -2.31. The number of carbonyl (C=O) groups excluding carboxylic acids is 2. The number of aldehydes is 2. The number of nitrogens with zero attached hydrogens (tertiary/aromatic N) is 2. The van der Waals surface area contributed by atoms with Crippen LogP contribution in [0.1, 0.15) is 31.8 Å². The number of rotatable bonds is 9. The highest BCUT2D eigenvalue weighted by molar-refractivity contribution is 6.30. The summed E-state index contributed by atoms with van der Waals surface area (Å²) >= 11 is 0. The molecule has 0 aliphatic heterocycles. The van der Waals surface area contributed by atoms with Gasteiger partial charge in [0, 0.05) is 55.4 Å². The van der Waals surface area contributed by atoms with Crippen molar-refractivity contribution < 1.29 is 9.59 Å². The molecule has 0 unspecified atom stereocenters. The quantitative estimate of drug-likeness (QED) is 0.108. The molecule has 0 aromatic heterocycles. The Labute approximate surface area is 349 Å². The van der Waals surface area contributed by atoms with E-state index in [0.29, 0.717) is 11.1 Å². The molecule has 0 spiro atoms. The Bertz CT molecular complexity index is 2910. The first-order valence-corrected chi connectivity index (χ1v) is 20.2. The van der Waals surface area contributed by atoms with Crippen molar-refractivity contribution in [2.24, 2.45) is 0 Å². The van der Waals surface area contributed by atoms with Crippen LogP contribution in [0.2, 0.25) is 0 Å². The summed E-state index contributed by atoms with van der Waals surface area (Å²) in [4.78, 5) is 28.2. The first-order chi connectivity index (χ1) is 29.5. The van der Waals surface area contributed by atoms with E-state index < -0.39 is 0 Å².